The fraction of sp³-hybridized carbons (Fsp3) is 0. The van der Waals surface area contributed by atoms with Crippen molar-refractivity contribution in [2.45, 2.75) is 9.92 Å². The molecule has 33 heavy (non-hydrogen) atoms. The van der Waals surface area contributed by atoms with Gasteiger partial charge < -0.3 is 4.57 Å². The molecule has 0 amide bonds. The predicted molar refractivity (Wildman–Crippen MR) is 130 cm³/mol. The van der Waals surface area contributed by atoms with Crippen LogP contribution in [0.2, 0.25) is 0 Å². The van der Waals surface area contributed by atoms with Gasteiger partial charge in [-0.05, 0) is 41.2 Å². The zero-order valence-electron chi connectivity index (χ0n) is 18.3. The number of nitrogens with zero attached hydrogens (tertiary/aromatic N) is 3. The molecule has 6 rings (SSSR count). The second-order valence-corrected chi connectivity index (χ2v) is 8.32. The van der Waals surface area contributed by atoms with Gasteiger partial charge in [0.2, 0.25) is 0 Å². The van der Waals surface area contributed by atoms with Crippen molar-refractivity contribution in [3.8, 4) is 16.9 Å². The molecule has 6 aromatic rings. The Bertz CT molecular complexity index is 1620. The number of fused-ring (bicyclic) bond motifs is 3. The Morgan fingerprint density at radius 2 is 1.55 bits per heavy atom. The number of aromatic nitrogens is 3. The third kappa shape index (κ3) is 4.13. The first-order valence-corrected chi connectivity index (χ1v) is 11.1. The van der Waals surface area contributed by atoms with Gasteiger partial charge in [0.1, 0.15) is 5.82 Å². The van der Waals surface area contributed by atoms with E-state index in [9.17, 15) is 0 Å². The first-order chi connectivity index (χ1) is 16.3. The van der Waals surface area contributed by atoms with Crippen LogP contribution >= 0.6 is 11.8 Å². The van der Waals surface area contributed by atoms with Crippen LogP contribution in [0.4, 0.5) is 0 Å². The average molecular weight is 624 g/mol. The molecule has 0 fully saturated rings. The fourth-order valence-corrected chi connectivity index (χ4v) is 4.67. The summed E-state index contributed by atoms with van der Waals surface area (Å²) in [7, 11) is 0. The van der Waals surface area contributed by atoms with Crippen LogP contribution in [0.15, 0.2) is 113 Å². The molecule has 160 valence electrons. The Hall–Kier alpha value is -3.20. The van der Waals surface area contributed by atoms with Crippen LogP contribution < -0.4 is 0 Å². The van der Waals surface area contributed by atoms with Gasteiger partial charge in [-0.25, -0.2) is 21.1 Å². The molecule has 5 heteroatoms. The molecule has 0 aliphatic heterocycles. The fourth-order valence-electron chi connectivity index (χ4n) is 3.91. The van der Waals surface area contributed by atoms with Gasteiger partial charge in [-0.2, -0.15) is 30.3 Å². The summed E-state index contributed by atoms with van der Waals surface area (Å²) >= 11 is 1.45. The maximum atomic E-state index is 8.07. The molecule has 0 saturated carbocycles. The number of hydrogen-bond donors (Lipinski definition) is 0. The zero-order chi connectivity index (χ0) is 22.2. The number of pyridine rings is 2. The minimum absolute atomic E-state index is 0. The van der Waals surface area contributed by atoms with E-state index in [1.807, 2.05) is 48.7 Å². The maximum absolute atomic E-state index is 8.07. The van der Waals surface area contributed by atoms with E-state index in [-0.39, 0.29) is 21.1 Å². The van der Waals surface area contributed by atoms with Crippen LogP contribution in [0.5, 0.6) is 0 Å². The normalized spacial score (nSPS) is 11.3. The number of benzene rings is 3. The van der Waals surface area contributed by atoms with E-state index in [4.69, 9.17) is 1.37 Å². The van der Waals surface area contributed by atoms with Crippen LogP contribution in [-0.2, 0) is 21.1 Å². The molecule has 3 heterocycles. The second-order valence-electron chi connectivity index (χ2n) is 7.29. The van der Waals surface area contributed by atoms with E-state index in [0.717, 1.165) is 38.3 Å². The topological polar surface area (TPSA) is 30.7 Å². The molecule has 3 nitrogen and oxygen atoms in total. The van der Waals surface area contributed by atoms with Crippen molar-refractivity contribution < 1.29 is 22.4 Å². The van der Waals surface area contributed by atoms with Crippen molar-refractivity contribution in [2.75, 3.05) is 0 Å². The Morgan fingerprint density at radius 3 is 2.42 bits per heavy atom. The van der Waals surface area contributed by atoms with Gasteiger partial charge in [0.05, 0.1) is 6.40 Å². The van der Waals surface area contributed by atoms with Crippen LogP contribution in [0.1, 0.15) is 1.37 Å². The van der Waals surface area contributed by atoms with Crippen molar-refractivity contribution in [3.63, 3.8) is 0 Å². The van der Waals surface area contributed by atoms with Crippen molar-refractivity contribution in [1.82, 2.24) is 14.5 Å². The molecule has 0 aliphatic rings. The molecular formula is C28H17N3PtS. The molecule has 0 radical (unpaired) electrons. The van der Waals surface area contributed by atoms with E-state index >= 15 is 0 Å². The van der Waals surface area contributed by atoms with Crippen molar-refractivity contribution in [3.05, 3.63) is 115 Å². The van der Waals surface area contributed by atoms with Gasteiger partial charge in [0.15, 0.2) is 0 Å². The van der Waals surface area contributed by atoms with Crippen LogP contribution in [0.3, 0.4) is 0 Å². The monoisotopic (exact) mass is 623 g/mol. The van der Waals surface area contributed by atoms with E-state index in [1.165, 1.54) is 17.1 Å². The standard InChI is InChI=1S/C28H17N3S.Pt/c1-2-11-25-23(10-1)24-15-14-21(19-26(24)31(25)27-12-3-5-16-29-27)20-8-7-9-22(18-20)32-28-13-4-6-17-30-28;/h1-17H;/q-2;+2/i13D;. The van der Waals surface area contributed by atoms with Gasteiger partial charge in [0.25, 0.3) is 0 Å². The molecule has 0 atom stereocenters. The molecule has 0 spiro atoms. The summed E-state index contributed by atoms with van der Waals surface area (Å²) in [6, 6.07) is 35.6. The van der Waals surface area contributed by atoms with Crippen LogP contribution in [0.25, 0.3) is 38.8 Å². The number of rotatable bonds is 4. The van der Waals surface area contributed by atoms with Gasteiger partial charge in [-0.1, -0.05) is 52.4 Å². The number of hydrogen-bond acceptors (Lipinski definition) is 3. The Morgan fingerprint density at radius 1 is 0.727 bits per heavy atom. The summed E-state index contributed by atoms with van der Waals surface area (Å²) in [6.07, 6.45) is 3.52. The Labute approximate surface area is 212 Å². The SMILES string of the molecule is [2H]c1cccnc1Sc1[c-]c(-c2[c-]c3c(cc2)c2ccccc2n3-c2ccccn2)ccc1.[Pt+2]. The third-order valence-corrected chi connectivity index (χ3v) is 6.18. The summed E-state index contributed by atoms with van der Waals surface area (Å²) in [5, 5.41) is 2.98. The van der Waals surface area contributed by atoms with Crippen molar-refractivity contribution in [2.24, 2.45) is 0 Å². The largest absolute Gasteiger partial charge is 2.00 e. The first-order valence-electron chi connectivity index (χ1n) is 10.8. The van der Waals surface area contributed by atoms with Gasteiger partial charge >= 0.3 is 21.1 Å². The Balaban J connectivity index is 0.00000241. The molecule has 0 saturated heterocycles. The van der Waals surface area contributed by atoms with E-state index in [0.29, 0.717) is 11.1 Å². The zero-order valence-corrected chi connectivity index (χ0v) is 20.4. The van der Waals surface area contributed by atoms with E-state index < -0.39 is 0 Å². The van der Waals surface area contributed by atoms with E-state index in [1.54, 1.807) is 18.3 Å². The summed E-state index contributed by atoms with van der Waals surface area (Å²) in [4.78, 5) is 9.84. The minimum atomic E-state index is 0. The molecular weight excluding hydrogens is 605 g/mol. The summed E-state index contributed by atoms with van der Waals surface area (Å²) in [5.74, 6) is 0.864. The van der Waals surface area contributed by atoms with Crippen LogP contribution in [-0.4, -0.2) is 14.5 Å². The van der Waals surface area contributed by atoms with E-state index in [2.05, 4.69) is 57.0 Å². The minimum Gasteiger partial charge on any atom is -0.314 e. The Kier molecular flexibility index (Phi) is 5.78. The quantitative estimate of drug-likeness (QED) is 0.199. The van der Waals surface area contributed by atoms with Gasteiger partial charge in [-0.3, -0.25) is 0 Å². The van der Waals surface area contributed by atoms with Crippen LogP contribution in [0, 0.1) is 12.1 Å². The molecule has 0 aliphatic carbocycles. The summed E-state index contributed by atoms with van der Waals surface area (Å²) in [5.41, 5.74) is 3.99. The summed E-state index contributed by atoms with van der Waals surface area (Å²) < 4.78 is 10.2. The molecule has 0 bridgehead atoms. The summed E-state index contributed by atoms with van der Waals surface area (Å²) in [6.45, 7) is 0. The molecule has 0 unspecified atom stereocenters. The molecule has 3 aromatic carbocycles. The molecule has 0 N–H and O–H groups in total. The average Bonchev–Trinajstić information content (AvgIpc) is 3.20. The third-order valence-electron chi connectivity index (χ3n) is 5.31. The van der Waals surface area contributed by atoms with Gasteiger partial charge in [0, 0.05) is 17.9 Å². The number of para-hydroxylation sites is 1. The van der Waals surface area contributed by atoms with Gasteiger partial charge in [-0.15, -0.1) is 12.1 Å². The first kappa shape index (κ1) is 20.4. The molecule has 3 aromatic heterocycles. The smallest absolute Gasteiger partial charge is 0.314 e. The van der Waals surface area contributed by atoms with Crippen molar-refractivity contribution >= 4 is 33.6 Å². The maximum Gasteiger partial charge on any atom is 2.00 e. The predicted octanol–water partition coefficient (Wildman–Crippen LogP) is 6.99. The van der Waals surface area contributed by atoms with Crippen molar-refractivity contribution in [1.29, 1.82) is 0 Å². The second kappa shape index (κ2) is 9.35.